The number of anilines is 2. The number of hydrogen-bond donors (Lipinski definition) is 2. The summed E-state index contributed by atoms with van der Waals surface area (Å²) in [7, 11) is -3.53. The van der Waals surface area contributed by atoms with Gasteiger partial charge in [-0.3, -0.25) is 9.52 Å². The van der Waals surface area contributed by atoms with Crippen molar-refractivity contribution in [3.63, 3.8) is 0 Å². The Labute approximate surface area is 164 Å². The summed E-state index contributed by atoms with van der Waals surface area (Å²) in [5, 5.41) is 2.78. The van der Waals surface area contributed by atoms with Crippen molar-refractivity contribution in [1.29, 1.82) is 0 Å². The zero-order valence-corrected chi connectivity index (χ0v) is 16.1. The molecular weight excluding hydrogens is 376 g/mol. The fourth-order valence-electron chi connectivity index (χ4n) is 2.58. The Morgan fingerprint density at radius 3 is 2.21 bits per heavy atom. The molecule has 6 nitrogen and oxygen atoms in total. The molecule has 7 heteroatoms. The van der Waals surface area contributed by atoms with E-state index in [4.69, 9.17) is 4.74 Å². The summed E-state index contributed by atoms with van der Waals surface area (Å²) in [6.07, 6.45) is 1.28. The molecule has 0 bridgehead atoms. The minimum Gasteiger partial charge on any atom is -0.455 e. The second kappa shape index (κ2) is 8.58. The van der Waals surface area contributed by atoms with Crippen molar-refractivity contribution in [3.8, 4) is 11.5 Å². The number of para-hydroxylation sites is 1. The van der Waals surface area contributed by atoms with Gasteiger partial charge < -0.3 is 10.1 Å². The Kier molecular flexibility index (Phi) is 5.96. The Morgan fingerprint density at radius 1 is 0.929 bits per heavy atom. The van der Waals surface area contributed by atoms with Crippen LogP contribution in [-0.4, -0.2) is 20.6 Å². The predicted octanol–water partition coefficient (Wildman–Crippen LogP) is 4.03. The predicted molar refractivity (Wildman–Crippen MR) is 110 cm³/mol. The molecule has 0 radical (unpaired) electrons. The second-order valence-electron chi connectivity index (χ2n) is 6.21. The first kappa shape index (κ1) is 19.4. The fourth-order valence-corrected chi connectivity index (χ4v) is 3.14. The summed E-state index contributed by atoms with van der Waals surface area (Å²) in [6.45, 7) is 0. The summed E-state index contributed by atoms with van der Waals surface area (Å²) in [5.41, 5.74) is 1.59. The van der Waals surface area contributed by atoms with Gasteiger partial charge in [-0.1, -0.05) is 48.5 Å². The summed E-state index contributed by atoms with van der Waals surface area (Å²) >= 11 is 0. The molecule has 28 heavy (non-hydrogen) atoms. The molecule has 3 aromatic rings. The van der Waals surface area contributed by atoms with Crippen LogP contribution < -0.4 is 14.8 Å². The molecule has 0 saturated carbocycles. The first-order chi connectivity index (χ1) is 13.4. The zero-order chi connectivity index (χ0) is 20.0. The quantitative estimate of drug-likeness (QED) is 0.631. The van der Waals surface area contributed by atoms with Crippen molar-refractivity contribution in [3.05, 3.63) is 84.4 Å². The van der Waals surface area contributed by atoms with Gasteiger partial charge in [-0.25, -0.2) is 8.42 Å². The van der Waals surface area contributed by atoms with E-state index in [-0.39, 0.29) is 18.0 Å². The summed E-state index contributed by atoms with van der Waals surface area (Å²) in [4.78, 5) is 12.3. The molecule has 0 spiro atoms. The number of sulfonamides is 1. The van der Waals surface area contributed by atoms with Crippen molar-refractivity contribution < 1.29 is 17.9 Å². The lowest BCUT2D eigenvalue weighted by Crippen LogP contribution is -2.15. The summed E-state index contributed by atoms with van der Waals surface area (Å²) in [6, 6.07) is 23.2. The van der Waals surface area contributed by atoms with E-state index in [0.29, 0.717) is 17.2 Å². The van der Waals surface area contributed by atoms with Gasteiger partial charge >= 0.3 is 0 Å². The molecular formula is C21H20N2O4S. The average Bonchev–Trinajstić information content (AvgIpc) is 2.64. The van der Waals surface area contributed by atoms with E-state index in [1.807, 2.05) is 48.5 Å². The van der Waals surface area contributed by atoms with Crippen molar-refractivity contribution in [1.82, 2.24) is 0 Å². The zero-order valence-electron chi connectivity index (χ0n) is 15.3. The highest BCUT2D eigenvalue weighted by Gasteiger charge is 2.12. The molecule has 0 aliphatic heterocycles. The highest BCUT2D eigenvalue weighted by atomic mass is 32.2. The molecule has 0 atom stereocenters. The molecule has 1 amide bonds. The van der Waals surface area contributed by atoms with Gasteiger partial charge in [-0.15, -0.1) is 0 Å². The molecule has 0 aliphatic rings. The third-order valence-electron chi connectivity index (χ3n) is 3.74. The average molecular weight is 396 g/mol. The van der Waals surface area contributed by atoms with Crippen LogP contribution >= 0.6 is 0 Å². The minimum absolute atomic E-state index is 0.201. The van der Waals surface area contributed by atoms with Crippen LogP contribution in [-0.2, 0) is 21.2 Å². The number of amides is 1. The first-order valence-corrected chi connectivity index (χ1v) is 10.5. The van der Waals surface area contributed by atoms with E-state index in [2.05, 4.69) is 10.0 Å². The van der Waals surface area contributed by atoms with Crippen molar-refractivity contribution in [2.75, 3.05) is 16.3 Å². The Bertz CT molecular complexity index is 1050. The van der Waals surface area contributed by atoms with Gasteiger partial charge in [0.15, 0.2) is 5.75 Å². The van der Waals surface area contributed by atoms with Crippen LogP contribution in [0.5, 0.6) is 11.5 Å². The van der Waals surface area contributed by atoms with Crippen LogP contribution in [0, 0.1) is 0 Å². The van der Waals surface area contributed by atoms with E-state index in [1.54, 1.807) is 24.3 Å². The SMILES string of the molecule is CS(=O)(=O)Nc1cc(NC(=O)Cc2ccccc2)ccc1Oc1ccccc1. The van der Waals surface area contributed by atoms with Crippen molar-refractivity contribution in [2.45, 2.75) is 6.42 Å². The van der Waals surface area contributed by atoms with Crippen molar-refractivity contribution in [2.24, 2.45) is 0 Å². The van der Waals surface area contributed by atoms with Gasteiger partial charge in [0.25, 0.3) is 0 Å². The Balaban J connectivity index is 1.80. The van der Waals surface area contributed by atoms with E-state index in [9.17, 15) is 13.2 Å². The lowest BCUT2D eigenvalue weighted by atomic mass is 10.1. The Morgan fingerprint density at radius 2 is 1.57 bits per heavy atom. The van der Waals surface area contributed by atoms with Gasteiger partial charge in [0.1, 0.15) is 5.75 Å². The summed E-state index contributed by atoms with van der Waals surface area (Å²) < 4.78 is 31.7. The molecule has 0 saturated heterocycles. The number of ether oxygens (including phenoxy) is 1. The molecule has 0 fully saturated rings. The molecule has 0 heterocycles. The lowest BCUT2D eigenvalue weighted by molar-refractivity contribution is -0.115. The first-order valence-electron chi connectivity index (χ1n) is 8.57. The lowest BCUT2D eigenvalue weighted by Gasteiger charge is -2.14. The van der Waals surface area contributed by atoms with Crippen LogP contribution in [0.2, 0.25) is 0 Å². The largest absolute Gasteiger partial charge is 0.455 e. The normalized spacial score (nSPS) is 10.9. The maximum atomic E-state index is 12.3. The second-order valence-corrected chi connectivity index (χ2v) is 7.96. The number of rotatable bonds is 7. The van der Waals surface area contributed by atoms with Gasteiger partial charge in [-0.2, -0.15) is 0 Å². The van der Waals surface area contributed by atoms with E-state index >= 15 is 0 Å². The molecule has 2 N–H and O–H groups in total. The Hall–Kier alpha value is -3.32. The van der Waals surface area contributed by atoms with Crippen LogP contribution in [0.3, 0.4) is 0 Å². The smallest absolute Gasteiger partial charge is 0.229 e. The van der Waals surface area contributed by atoms with E-state index in [1.165, 1.54) is 6.07 Å². The maximum Gasteiger partial charge on any atom is 0.229 e. The number of carbonyl (C=O) groups excluding carboxylic acids is 1. The molecule has 3 rings (SSSR count). The fraction of sp³-hybridized carbons (Fsp3) is 0.0952. The highest BCUT2D eigenvalue weighted by molar-refractivity contribution is 7.92. The maximum absolute atomic E-state index is 12.3. The van der Waals surface area contributed by atoms with Gasteiger partial charge in [0.05, 0.1) is 18.4 Å². The monoisotopic (exact) mass is 396 g/mol. The van der Waals surface area contributed by atoms with E-state index in [0.717, 1.165) is 11.8 Å². The highest BCUT2D eigenvalue weighted by Crippen LogP contribution is 2.32. The molecule has 0 unspecified atom stereocenters. The number of benzene rings is 3. The molecule has 0 aromatic heterocycles. The molecule has 3 aromatic carbocycles. The van der Waals surface area contributed by atoms with Crippen LogP contribution in [0.25, 0.3) is 0 Å². The summed E-state index contributed by atoms with van der Waals surface area (Å²) in [5.74, 6) is 0.700. The van der Waals surface area contributed by atoms with Gasteiger partial charge in [0.2, 0.25) is 15.9 Å². The van der Waals surface area contributed by atoms with Crippen LogP contribution in [0.4, 0.5) is 11.4 Å². The van der Waals surface area contributed by atoms with E-state index < -0.39 is 10.0 Å². The molecule has 0 aliphatic carbocycles. The topological polar surface area (TPSA) is 84.5 Å². The van der Waals surface area contributed by atoms with Gasteiger partial charge in [-0.05, 0) is 35.9 Å². The third-order valence-corrected chi connectivity index (χ3v) is 4.33. The number of carbonyl (C=O) groups is 1. The number of hydrogen-bond acceptors (Lipinski definition) is 4. The van der Waals surface area contributed by atoms with Crippen LogP contribution in [0.1, 0.15) is 5.56 Å². The van der Waals surface area contributed by atoms with Gasteiger partial charge in [0, 0.05) is 5.69 Å². The third kappa shape index (κ3) is 5.85. The molecule has 144 valence electrons. The van der Waals surface area contributed by atoms with Crippen LogP contribution in [0.15, 0.2) is 78.9 Å². The minimum atomic E-state index is -3.53. The van der Waals surface area contributed by atoms with Crippen molar-refractivity contribution >= 4 is 27.3 Å². The standard InChI is InChI=1S/C21H20N2O4S/c1-28(25,26)23-19-15-17(22-21(24)14-16-8-4-2-5-9-16)12-13-20(19)27-18-10-6-3-7-11-18/h2-13,15,23H,14H2,1H3,(H,22,24). The number of nitrogens with one attached hydrogen (secondary N) is 2.